The molecule has 0 bridgehead atoms. The van der Waals surface area contributed by atoms with Crippen molar-refractivity contribution in [1.82, 2.24) is 5.32 Å². The van der Waals surface area contributed by atoms with Crippen LogP contribution in [0.5, 0.6) is 5.75 Å². The van der Waals surface area contributed by atoms with E-state index in [2.05, 4.69) is 18.3 Å². The molecule has 1 aromatic rings. The summed E-state index contributed by atoms with van der Waals surface area (Å²) in [6, 6.07) is 8.09. The van der Waals surface area contributed by atoms with Crippen molar-refractivity contribution >= 4 is 0 Å². The summed E-state index contributed by atoms with van der Waals surface area (Å²) in [5.74, 6) is 0.930. The second kappa shape index (κ2) is 6.62. The lowest BCUT2D eigenvalue weighted by atomic mass is 10.1. The van der Waals surface area contributed by atoms with E-state index < -0.39 is 0 Å². The highest BCUT2D eigenvalue weighted by Crippen LogP contribution is 2.27. The number of hydrogen-bond donors (Lipinski definition) is 1. The molecule has 1 aliphatic rings. The van der Waals surface area contributed by atoms with Gasteiger partial charge < -0.3 is 14.8 Å². The molecule has 0 unspecified atom stereocenters. The van der Waals surface area contributed by atoms with E-state index >= 15 is 0 Å². The van der Waals surface area contributed by atoms with Gasteiger partial charge in [-0.2, -0.15) is 0 Å². The first-order chi connectivity index (χ1) is 8.42. The summed E-state index contributed by atoms with van der Waals surface area (Å²) in [4.78, 5) is 0. The fourth-order valence-electron chi connectivity index (χ4n) is 1.82. The molecular formula is C14H20NO2. The number of benzene rings is 1. The molecule has 1 aromatic carbocycles. The molecule has 0 aromatic heterocycles. The van der Waals surface area contributed by atoms with Gasteiger partial charge in [0.25, 0.3) is 0 Å². The van der Waals surface area contributed by atoms with Crippen LogP contribution in [-0.2, 0) is 4.74 Å². The summed E-state index contributed by atoms with van der Waals surface area (Å²) in [6.07, 6.45) is 3.22. The largest absolute Gasteiger partial charge is 0.493 e. The number of morpholine rings is 1. The molecule has 3 heteroatoms. The Labute approximate surface area is 103 Å². The fraction of sp³-hybridized carbons (Fsp3) is 0.500. The van der Waals surface area contributed by atoms with E-state index in [1.165, 1.54) is 0 Å². The minimum atomic E-state index is 0.735. The minimum Gasteiger partial charge on any atom is -0.493 e. The topological polar surface area (TPSA) is 30.5 Å². The maximum atomic E-state index is 5.80. The van der Waals surface area contributed by atoms with Gasteiger partial charge in [-0.15, -0.1) is 0 Å². The molecule has 1 N–H and O–H groups in total. The van der Waals surface area contributed by atoms with Gasteiger partial charge in [0.1, 0.15) is 11.9 Å². The highest BCUT2D eigenvalue weighted by molar-refractivity contribution is 5.42. The van der Waals surface area contributed by atoms with E-state index in [0.717, 1.165) is 56.6 Å². The lowest BCUT2D eigenvalue weighted by molar-refractivity contribution is 0.127. The van der Waals surface area contributed by atoms with Gasteiger partial charge >= 0.3 is 0 Å². The lowest BCUT2D eigenvalue weighted by Gasteiger charge is -2.24. The van der Waals surface area contributed by atoms with Gasteiger partial charge in [0.2, 0.25) is 0 Å². The normalized spacial score (nSPS) is 17.0. The average Bonchev–Trinajstić information content (AvgIpc) is 2.41. The van der Waals surface area contributed by atoms with Crippen LogP contribution in [0.15, 0.2) is 24.3 Å². The monoisotopic (exact) mass is 234 g/mol. The Hall–Kier alpha value is -1.06. The molecule has 1 radical (unpaired) electrons. The standard InChI is InChI=1S/C14H20NO2/c1-2-3-9-16-13-7-5-4-6-12(13)14-11-15-8-10-17-14/h4-7,15H,2-3,8-11H2,1H3. The van der Waals surface area contributed by atoms with Gasteiger partial charge in [0.15, 0.2) is 0 Å². The maximum absolute atomic E-state index is 5.80. The van der Waals surface area contributed by atoms with Crippen molar-refractivity contribution in [2.45, 2.75) is 19.8 Å². The molecular weight excluding hydrogens is 214 g/mol. The molecule has 0 aliphatic carbocycles. The van der Waals surface area contributed by atoms with Crippen LogP contribution in [-0.4, -0.2) is 26.3 Å². The van der Waals surface area contributed by atoms with Crippen LogP contribution in [0.1, 0.15) is 25.3 Å². The average molecular weight is 234 g/mol. The number of ether oxygens (including phenoxy) is 2. The Morgan fingerprint density at radius 2 is 2.24 bits per heavy atom. The van der Waals surface area contributed by atoms with Gasteiger partial charge in [-0.3, -0.25) is 0 Å². The van der Waals surface area contributed by atoms with Crippen LogP contribution < -0.4 is 10.1 Å². The van der Waals surface area contributed by atoms with E-state index in [4.69, 9.17) is 9.47 Å². The molecule has 0 amide bonds. The summed E-state index contributed by atoms with van der Waals surface area (Å²) in [5, 5.41) is 3.31. The first-order valence-corrected chi connectivity index (χ1v) is 6.33. The molecule has 1 fully saturated rings. The van der Waals surface area contributed by atoms with Crippen LogP contribution in [0.4, 0.5) is 0 Å². The summed E-state index contributed by atoms with van der Waals surface area (Å²) < 4.78 is 11.5. The fourth-order valence-corrected chi connectivity index (χ4v) is 1.82. The third kappa shape index (κ3) is 3.45. The van der Waals surface area contributed by atoms with Crippen molar-refractivity contribution in [1.29, 1.82) is 0 Å². The van der Waals surface area contributed by atoms with Crippen molar-refractivity contribution in [3.05, 3.63) is 35.9 Å². The molecule has 1 aliphatic heterocycles. The maximum Gasteiger partial charge on any atom is 0.143 e. The smallest absolute Gasteiger partial charge is 0.143 e. The molecule has 1 heterocycles. The van der Waals surface area contributed by atoms with E-state index in [-0.39, 0.29) is 0 Å². The van der Waals surface area contributed by atoms with Crippen molar-refractivity contribution in [3.8, 4) is 5.75 Å². The third-order valence-electron chi connectivity index (χ3n) is 2.78. The van der Waals surface area contributed by atoms with Crippen molar-refractivity contribution in [2.24, 2.45) is 0 Å². The summed E-state index contributed by atoms with van der Waals surface area (Å²) >= 11 is 0. The molecule has 0 atom stereocenters. The van der Waals surface area contributed by atoms with Crippen molar-refractivity contribution in [2.75, 3.05) is 26.3 Å². The van der Waals surface area contributed by atoms with Crippen LogP contribution in [0.2, 0.25) is 0 Å². The number of unbranched alkanes of at least 4 members (excludes halogenated alkanes) is 1. The van der Waals surface area contributed by atoms with Crippen LogP contribution in [0.25, 0.3) is 0 Å². The number of para-hydroxylation sites is 1. The molecule has 0 saturated carbocycles. The zero-order valence-corrected chi connectivity index (χ0v) is 10.4. The van der Waals surface area contributed by atoms with Crippen LogP contribution in [0, 0.1) is 6.10 Å². The minimum absolute atomic E-state index is 0.735. The van der Waals surface area contributed by atoms with Gasteiger partial charge in [0, 0.05) is 18.7 Å². The van der Waals surface area contributed by atoms with Crippen LogP contribution in [0.3, 0.4) is 0 Å². The Balaban J connectivity index is 2.03. The Bertz CT molecular complexity index is 335. The molecule has 3 nitrogen and oxygen atoms in total. The van der Waals surface area contributed by atoms with E-state index in [0.29, 0.717) is 0 Å². The van der Waals surface area contributed by atoms with Crippen molar-refractivity contribution in [3.63, 3.8) is 0 Å². The predicted octanol–water partition coefficient (Wildman–Crippen LogP) is 2.37. The molecule has 17 heavy (non-hydrogen) atoms. The number of nitrogens with one attached hydrogen (secondary N) is 1. The lowest BCUT2D eigenvalue weighted by Crippen LogP contribution is -2.34. The van der Waals surface area contributed by atoms with Gasteiger partial charge in [-0.05, 0) is 12.5 Å². The molecule has 0 spiro atoms. The summed E-state index contributed by atoms with van der Waals surface area (Å²) in [6.45, 7) is 5.38. The SMILES string of the molecule is CCCCOc1ccccc1[C]1CNCCO1. The Morgan fingerprint density at radius 1 is 1.35 bits per heavy atom. The summed E-state index contributed by atoms with van der Waals surface area (Å²) in [5.41, 5.74) is 1.08. The second-order valence-electron chi connectivity index (χ2n) is 4.15. The zero-order chi connectivity index (χ0) is 11.9. The number of hydrogen-bond acceptors (Lipinski definition) is 3. The molecule has 93 valence electrons. The van der Waals surface area contributed by atoms with E-state index in [1.54, 1.807) is 0 Å². The van der Waals surface area contributed by atoms with Gasteiger partial charge in [-0.25, -0.2) is 0 Å². The number of rotatable bonds is 5. The predicted molar refractivity (Wildman–Crippen MR) is 68.0 cm³/mol. The molecule has 1 saturated heterocycles. The Morgan fingerprint density at radius 3 is 3.00 bits per heavy atom. The van der Waals surface area contributed by atoms with Crippen molar-refractivity contribution < 1.29 is 9.47 Å². The highest BCUT2D eigenvalue weighted by atomic mass is 16.5. The van der Waals surface area contributed by atoms with Gasteiger partial charge in [-0.1, -0.05) is 31.5 Å². The first-order valence-electron chi connectivity index (χ1n) is 6.33. The molecule has 2 rings (SSSR count). The zero-order valence-electron chi connectivity index (χ0n) is 10.4. The van der Waals surface area contributed by atoms with E-state index in [9.17, 15) is 0 Å². The quantitative estimate of drug-likeness (QED) is 0.793. The van der Waals surface area contributed by atoms with E-state index in [1.807, 2.05) is 18.2 Å². The second-order valence-corrected chi connectivity index (χ2v) is 4.15. The highest BCUT2D eigenvalue weighted by Gasteiger charge is 2.20. The van der Waals surface area contributed by atoms with Crippen LogP contribution >= 0.6 is 0 Å². The first kappa shape index (κ1) is 12.4. The Kier molecular flexibility index (Phi) is 4.83. The summed E-state index contributed by atoms with van der Waals surface area (Å²) in [7, 11) is 0. The van der Waals surface area contributed by atoms with Gasteiger partial charge in [0.05, 0.1) is 13.2 Å². The third-order valence-corrected chi connectivity index (χ3v) is 2.78.